The number of carbonyl (C=O) groups excluding carboxylic acids is 1. The molecule has 18 heavy (non-hydrogen) atoms. The zero-order valence-electron chi connectivity index (χ0n) is 10.4. The van der Waals surface area contributed by atoms with E-state index in [0.717, 1.165) is 6.42 Å². The van der Waals surface area contributed by atoms with E-state index in [1.807, 2.05) is 0 Å². The summed E-state index contributed by atoms with van der Waals surface area (Å²) in [6.45, 7) is 1.11. The molecule has 0 aliphatic carbocycles. The largest absolute Gasteiger partial charge is 0.493 e. The summed E-state index contributed by atoms with van der Waals surface area (Å²) < 4.78 is 15.5. The van der Waals surface area contributed by atoms with Gasteiger partial charge in [0.25, 0.3) is 0 Å². The molecule has 1 heterocycles. The molecule has 1 aliphatic rings. The van der Waals surface area contributed by atoms with Crippen molar-refractivity contribution >= 4 is 17.4 Å². The molecule has 2 rings (SSSR count). The summed E-state index contributed by atoms with van der Waals surface area (Å²) in [4.78, 5) is 12.2. The predicted octanol–water partition coefficient (Wildman–Crippen LogP) is 2.58. The molecule has 0 bridgehead atoms. The van der Waals surface area contributed by atoms with Crippen LogP contribution in [0.3, 0.4) is 0 Å². The van der Waals surface area contributed by atoms with Crippen molar-refractivity contribution in [1.82, 2.24) is 0 Å². The Hall–Kier alpha value is -1.26. The van der Waals surface area contributed by atoms with Crippen LogP contribution in [0.5, 0.6) is 11.5 Å². The van der Waals surface area contributed by atoms with Crippen LogP contribution in [-0.2, 0) is 4.74 Å². The molecule has 0 spiro atoms. The normalized spacial score (nSPS) is 18.7. The highest BCUT2D eigenvalue weighted by atomic mass is 35.5. The van der Waals surface area contributed by atoms with Gasteiger partial charge in [-0.1, -0.05) is 11.6 Å². The van der Waals surface area contributed by atoms with Gasteiger partial charge in [0.05, 0.1) is 25.8 Å². The Kier molecular flexibility index (Phi) is 4.09. The molecule has 0 saturated carbocycles. The summed E-state index contributed by atoms with van der Waals surface area (Å²) in [5.41, 5.74) is 0.535. The van der Waals surface area contributed by atoms with E-state index in [1.165, 1.54) is 14.2 Å². The van der Waals surface area contributed by atoms with Gasteiger partial charge in [-0.2, -0.15) is 0 Å². The van der Waals surface area contributed by atoms with Crippen molar-refractivity contribution < 1.29 is 19.0 Å². The fraction of sp³-hybridized carbons (Fsp3) is 0.462. The number of ketones is 1. The molecule has 0 amide bonds. The summed E-state index contributed by atoms with van der Waals surface area (Å²) in [6.07, 6.45) is 0.755. The highest BCUT2D eigenvalue weighted by Gasteiger charge is 2.26. The van der Waals surface area contributed by atoms with Gasteiger partial charge in [-0.25, -0.2) is 0 Å². The van der Waals surface area contributed by atoms with Crippen molar-refractivity contribution in [3.05, 3.63) is 22.7 Å². The Bertz CT molecular complexity index is 453. The number of halogens is 1. The van der Waals surface area contributed by atoms with Crippen LogP contribution in [-0.4, -0.2) is 33.2 Å². The van der Waals surface area contributed by atoms with Gasteiger partial charge >= 0.3 is 0 Å². The van der Waals surface area contributed by atoms with Crippen LogP contribution in [0.4, 0.5) is 0 Å². The smallest absolute Gasteiger partial charge is 0.179 e. The van der Waals surface area contributed by atoms with Crippen molar-refractivity contribution in [2.45, 2.75) is 6.42 Å². The third-order valence-electron chi connectivity index (χ3n) is 3.02. The fourth-order valence-electron chi connectivity index (χ4n) is 2.04. The standard InChI is InChI=1S/C13H15ClO4/c1-16-11-6-9(5-10(14)13(11)17-2)12(15)8-3-4-18-7-8/h5-6,8H,3-4,7H2,1-2H3. The Morgan fingerprint density at radius 2 is 2.17 bits per heavy atom. The number of benzene rings is 1. The molecule has 1 unspecified atom stereocenters. The van der Waals surface area contributed by atoms with Gasteiger partial charge in [0.15, 0.2) is 17.3 Å². The highest BCUT2D eigenvalue weighted by Crippen LogP contribution is 2.37. The Balaban J connectivity index is 2.33. The van der Waals surface area contributed by atoms with Gasteiger partial charge in [0.2, 0.25) is 0 Å². The zero-order chi connectivity index (χ0) is 13.1. The average molecular weight is 271 g/mol. The first kappa shape index (κ1) is 13.2. The summed E-state index contributed by atoms with van der Waals surface area (Å²) >= 11 is 6.08. The van der Waals surface area contributed by atoms with E-state index in [1.54, 1.807) is 12.1 Å². The number of Topliss-reactive ketones (excluding diaryl/α,β-unsaturated/α-hetero) is 1. The summed E-state index contributed by atoms with van der Waals surface area (Å²) in [5, 5.41) is 0.374. The molecule has 1 aliphatic heterocycles. The van der Waals surface area contributed by atoms with Gasteiger partial charge in [0.1, 0.15) is 0 Å². The van der Waals surface area contributed by atoms with Crippen molar-refractivity contribution in [3.8, 4) is 11.5 Å². The monoisotopic (exact) mass is 270 g/mol. The molecule has 0 radical (unpaired) electrons. The summed E-state index contributed by atoms with van der Waals surface area (Å²) in [5.74, 6) is 0.861. The maximum Gasteiger partial charge on any atom is 0.179 e. The van der Waals surface area contributed by atoms with Crippen LogP contribution >= 0.6 is 11.6 Å². The average Bonchev–Trinajstić information content (AvgIpc) is 2.90. The molecule has 0 N–H and O–H groups in total. The molecule has 5 heteroatoms. The van der Waals surface area contributed by atoms with Crippen molar-refractivity contribution in [1.29, 1.82) is 0 Å². The van der Waals surface area contributed by atoms with Crippen LogP contribution in [0.2, 0.25) is 5.02 Å². The van der Waals surface area contributed by atoms with Crippen LogP contribution < -0.4 is 9.47 Å². The Labute approximate surface area is 111 Å². The minimum absolute atomic E-state index is 0.0374. The number of methoxy groups -OCH3 is 2. The van der Waals surface area contributed by atoms with Crippen molar-refractivity contribution in [3.63, 3.8) is 0 Å². The lowest BCUT2D eigenvalue weighted by molar-refractivity contribution is 0.0900. The van der Waals surface area contributed by atoms with E-state index in [2.05, 4.69) is 0 Å². The van der Waals surface area contributed by atoms with Crippen molar-refractivity contribution in [2.75, 3.05) is 27.4 Å². The molecule has 1 fully saturated rings. The van der Waals surface area contributed by atoms with E-state index in [4.69, 9.17) is 25.8 Å². The predicted molar refractivity (Wildman–Crippen MR) is 67.8 cm³/mol. The Morgan fingerprint density at radius 1 is 1.39 bits per heavy atom. The second-order valence-corrected chi connectivity index (χ2v) is 4.53. The lowest BCUT2D eigenvalue weighted by Crippen LogP contribution is -2.14. The minimum atomic E-state index is -0.0841. The van der Waals surface area contributed by atoms with Crippen LogP contribution in [0.1, 0.15) is 16.8 Å². The molecule has 0 aromatic heterocycles. The van der Waals surface area contributed by atoms with Gasteiger partial charge < -0.3 is 14.2 Å². The van der Waals surface area contributed by atoms with Gasteiger partial charge in [-0.3, -0.25) is 4.79 Å². The van der Waals surface area contributed by atoms with Gasteiger partial charge in [0, 0.05) is 18.1 Å². The molecule has 98 valence electrons. The molecule has 1 aromatic rings. The van der Waals surface area contributed by atoms with E-state index in [-0.39, 0.29) is 11.7 Å². The van der Waals surface area contributed by atoms with E-state index in [9.17, 15) is 4.79 Å². The molecule has 4 nitrogen and oxygen atoms in total. The number of hydrogen-bond acceptors (Lipinski definition) is 4. The van der Waals surface area contributed by atoms with Crippen molar-refractivity contribution in [2.24, 2.45) is 5.92 Å². The number of ether oxygens (including phenoxy) is 3. The molecule has 1 saturated heterocycles. The maximum absolute atomic E-state index is 12.2. The second-order valence-electron chi connectivity index (χ2n) is 4.12. The quantitative estimate of drug-likeness (QED) is 0.789. The second kappa shape index (κ2) is 5.59. The first-order chi connectivity index (χ1) is 8.67. The molecular weight excluding hydrogens is 256 g/mol. The van der Waals surface area contributed by atoms with Crippen LogP contribution in [0.25, 0.3) is 0 Å². The lowest BCUT2D eigenvalue weighted by atomic mass is 9.97. The van der Waals surface area contributed by atoms with Crippen LogP contribution in [0.15, 0.2) is 12.1 Å². The first-order valence-electron chi connectivity index (χ1n) is 5.71. The van der Waals surface area contributed by atoms with Crippen LogP contribution in [0, 0.1) is 5.92 Å². The molecule has 1 aromatic carbocycles. The highest BCUT2D eigenvalue weighted by molar-refractivity contribution is 6.32. The summed E-state index contributed by atoms with van der Waals surface area (Å²) in [7, 11) is 3.02. The summed E-state index contributed by atoms with van der Waals surface area (Å²) in [6, 6.07) is 3.27. The van der Waals surface area contributed by atoms with Gasteiger partial charge in [-0.05, 0) is 18.6 Å². The number of hydrogen-bond donors (Lipinski definition) is 0. The molecule has 1 atom stereocenters. The van der Waals surface area contributed by atoms with E-state index >= 15 is 0 Å². The Morgan fingerprint density at radius 3 is 2.72 bits per heavy atom. The number of carbonyl (C=O) groups is 1. The third-order valence-corrected chi connectivity index (χ3v) is 3.30. The van der Waals surface area contributed by atoms with Gasteiger partial charge in [-0.15, -0.1) is 0 Å². The molecular formula is C13H15ClO4. The van der Waals surface area contributed by atoms with E-state index < -0.39 is 0 Å². The van der Waals surface area contributed by atoms with E-state index in [0.29, 0.717) is 35.3 Å². The maximum atomic E-state index is 12.2. The topological polar surface area (TPSA) is 44.8 Å². The first-order valence-corrected chi connectivity index (χ1v) is 6.08. The lowest BCUT2D eigenvalue weighted by Gasteiger charge is -2.12. The number of rotatable bonds is 4. The fourth-order valence-corrected chi connectivity index (χ4v) is 2.33. The SMILES string of the molecule is COc1cc(C(=O)C2CCOC2)cc(Cl)c1OC. The zero-order valence-corrected chi connectivity index (χ0v) is 11.1. The third kappa shape index (κ3) is 2.44. The minimum Gasteiger partial charge on any atom is -0.493 e.